The van der Waals surface area contributed by atoms with Gasteiger partial charge in [0.2, 0.25) is 11.6 Å². The summed E-state index contributed by atoms with van der Waals surface area (Å²) in [5.41, 5.74) is -3.57. The van der Waals surface area contributed by atoms with Gasteiger partial charge in [-0.2, -0.15) is 4.39 Å². The zero-order valence-corrected chi connectivity index (χ0v) is 12.2. The molecule has 0 aliphatic carbocycles. The molecule has 0 aliphatic heterocycles. The predicted molar refractivity (Wildman–Crippen MR) is 71.4 cm³/mol. The Hall–Kier alpha value is -2.78. The predicted octanol–water partition coefficient (Wildman–Crippen LogP) is 3.08. The molecule has 10 heteroatoms. The third-order valence-corrected chi connectivity index (χ3v) is 2.71. The molecule has 0 spiro atoms. The van der Waals surface area contributed by atoms with Gasteiger partial charge in [0, 0.05) is 5.56 Å². The van der Waals surface area contributed by atoms with Crippen LogP contribution >= 0.6 is 0 Å². The molecule has 0 fully saturated rings. The second-order valence-electron chi connectivity index (χ2n) is 5.25. The fourth-order valence-corrected chi connectivity index (χ4v) is 1.74. The summed E-state index contributed by atoms with van der Waals surface area (Å²) < 4.78 is 22.9. The zero-order valence-electron chi connectivity index (χ0n) is 12.2. The second-order valence-corrected chi connectivity index (χ2v) is 5.25. The van der Waals surface area contributed by atoms with Crippen molar-refractivity contribution in [3.8, 4) is 5.75 Å². The first kappa shape index (κ1) is 17.3. The molecule has 120 valence electrons. The Morgan fingerprint density at radius 2 is 1.68 bits per heavy atom. The molecule has 22 heavy (non-hydrogen) atoms. The fourth-order valence-electron chi connectivity index (χ4n) is 1.74. The van der Waals surface area contributed by atoms with Gasteiger partial charge < -0.3 is 9.47 Å². The zero-order chi connectivity index (χ0) is 17.2. The molecule has 0 bridgehead atoms. The van der Waals surface area contributed by atoms with Gasteiger partial charge in [0.25, 0.3) is 0 Å². The maximum absolute atomic E-state index is 13.9. The number of carbonyl (C=O) groups excluding carboxylic acids is 1. The van der Waals surface area contributed by atoms with E-state index in [-0.39, 0.29) is 5.56 Å². The Morgan fingerprint density at radius 1 is 1.18 bits per heavy atom. The van der Waals surface area contributed by atoms with Crippen LogP contribution < -0.4 is 4.74 Å². The SMILES string of the molecule is COC(=O)Oc1c(C(C)(C)C)cc(F)c([N+](=O)[O-])c1[N+](=O)[O-]. The summed E-state index contributed by atoms with van der Waals surface area (Å²) in [6.07, 6.45) is -1.31. The first-order valence-corrected chi connectivity index (χ1v) is 5.92. The van der Waals surface area contributed by atoms with Gasteiger partial charge in [0.05, 0.1) is 17.0 Å². The maximum Gasteiger partial charge on any atom is 0.513 e. The molecule has 0 saturated heterocycles. The second kappa shape index (κ2) is 5.92. The molecule has 0 saturated carbocycles. The van der Waals surface area contributed by atoms with Crippen LogP contribution in [-0.4, -0.2) is 23.1 Å². The van der Waals surface area contributed by atoms with E-state index in [1.54, 1.807) is 20.8 Å². The van der Waals surface area contributed by atoms with Crippen molar-refractivity contribution >= 4 is 17.5 Å². The number of nitrogens with zero attached hydrogens (tertiary/aromatic N) is 2. The fraction of sp³-hybridized carbons (Fsp3) is 0.417. The van der Waals surface area contributed by atoms with Gasteiger partial charge in [-0.05, 0) is 11.5 Å². The Labute approximate surface area is 123 Å². The lowest BCUT2D eigenvalue weighted by Crippen LogP contribution is -2.19. The summed E-state index contributed by atoms with van der Waals surface area (Å²) in [7, 11) is 0.961. The topological polar surface area (TPSA) is 122 Å². The first-order valence-electron chi connectivity index (χ1n) is 5.92. The molecule has 0 unspecified atom stereocenters. The van der Waals surface area contributed by atoms with Crippen molar-refractivity contribution < 1.29 is 28.5 Å². The quantitative estimate of drug-likeness (QED) is 0.363. The van der Waals surface area contributed by atoms with Crippen LogP contribution in [0.15, 0.2) is 6.07 Å². The Bertz CT molecular complexity index is 652. The van der Waals surface area contributed by atoms with E-state index in [1.165, 1.54) is 0 Å². The Kier molecular flexibility index (Phi) is 4.64. The number of benzene rings is 1. The average molecular weight is 316 g/mol. The number of hydrogen-bond acceptors (Lipinski definition) is 7. The molecule has 1 aromatic rings. The number of hydrogen-bond donors (Lipinski definition) is 0. The molecule has 1 aromatic carbocycles. The van der Waals surface area contributed by atoms with Gasteiger partial charge in [0.1, 0.15) is 0 Å². The van der Waals surface area contributed by atoms with Gasteiger partial charge in [0.15, 0.2) is 0 Å². The third kappa shape index (κ3) is 3.27. The number of methoxy groups -OCH3 is 1. The van der Waals surface area contributed by atoms with E-state index in [0.717, 1.165) is 13.2 Å². The van der Waals surface area contributed by atoms with Crippen LogP contribution in [0.4, 0.5) is 20.6 Å². The molecule has 1 rings (SSSR count). The summed E-state index contributed by atoms with van der Waals surface area (Å²) in [4.78, 5) is 30.9. The highest BCUT2D eigenvalue weighted by molar-refractivity contribution is 5.73. The lowest BCUT2D eigenvalue weighted by atomic mass is 9.85. The largest absolute Gasteiger partial charge is 0.513 e. The van der Waals surface area contributed by atoms with Crippen molar-refractivity contribution in [1.29, 1.82) is 0 Å². The van der Waals surface area contributed by atoms with Crippen LogP contribution in [0.3, 0.4) is 0 Å². The monoisotopic (exact) mass is 316 g/mol. The molecule has 0 N–H and O–H groups in total. The van der Waals surface area contributed by atoms with Crippen molar-refractivity contribution in [3.63, 3.8) is 0 Å². The molecule has 0 atom stereocenters. The third-order valence-electron chi connectivity index (χ3n) is 2.71. The minimum atomic E-state index is -1.39. The number of ether oxygens (including phenoxy) is 2. The molecule has 0 amide bonds. The number of rotatable bonds is 3. The van der Waals surface area contributed by atoms with Gasteiger partial charge in [-0.1, -0.05) is 20.8 Å². The number of carbonyl (C=O) groups is 1. The highest BCUT2D eigenvalue weighted by Gasteiger charge is 2.40. The lowest BCUT2D eigenvalue weighted by molar-refractivity contribution is -0.424. The van der Waals surface area contributed by atoms with Crippen LogP contribution in [0.1, 0.15) is 26.3 Å². The summed E-state index contributed by atoms with van der Waals surface area (Å²) >= 11 is 0. The average Bonchev–Trinajstić information content (AvgIpc) is 2.37. The smallest absolute Gasteiger partial charge is 0.437 e. The summed E-state index contributed by atoms with van der Waals surface area (Å²) in [5, 5.41) is 22.1. The summed E-state index contributed by atoms with van der Waals surface area (Å²) in [6, 6.07) is 0.739. The van der Waals surface area contributed by atoms with E-state index in [9.17, 15) is 29.4 Å². The number of halogens is 1. The standard InChI is InChI=1S/C12H13FN2O7/c1-12(2,3)6-5-7(13)8(14(17)18)9(15(19)20)10(6)22-11(16)21-4/h5H,1-4H3. The maximum atomic E-state index is 13.9. The number of nitro benzene ring substituents is 2. The van der Waals surface area contributed by atoms with Gasteiger partial charge in [-0.3, -0.25) is 20.2 Å². The van der Waals surface area contributed by atoms with Gasteiger partial charge in [-0.15, -0.1) is 0 Å². The van der Waals surface area contributed by atoms with Crippen molar-refractivity contribution in [2.75, 3.05) is 7.11 Å². The molecule has 0 aromatic heterocycles. The van der Waals surface area contributed by atoms with Crippen molar-refractivity contribution in [3.05, 3.63) is 37.7 Å². The van der Waals surface area contributed by atoms with Crippen LogP contribution in [-0.2, 0) is 10.2 Å². The van der Waals surface area contributed by atoms with E-state index >= 15 is 0 Å². The molecule has 9 nitrogen and oxygen atoms in total. The molecule has 0 heterocycles. The van der Waals surface area contributed by atoms with E-state index in [0.29, 0.717) is 0 Å². The first-order chi connectivity index (χ1) is 10.0. The van der Waals surface area contributed by atoms with Crippen molar-refractivity contribution in [2.24, 2.45) is 0 Å². The summed E-state index contributed by atoms with van der Waals surface area (Å²) in [6.45, 7) is 4.71. The van der Waals surface area contributed by atoms with E-state index < -0.39 is 44.4 Å². The van der Waals surface area contributed by atoms with E-state index in [1.807, 2.05) is 0 Å². The molecular weight excluding hydrogens is 303 g/mol. The van der Waals surface area contributed by atoms with Gasteiger partial charge in [-0.25, -0.2) is 4.79 Å². The van der Waals surface area contributed by atoms with Crippen LogP contribution in [0.25, 0.3) is 0 Å². The molecular formula is C12H13FN2O7. The van der Waals surface area contributed by atoms with Crippen molar-refractivity contribution in [2.45, 2.75) is 26.2 Å². The minimum Gasteiger partial charge on any atom is -0.437 e. The summed E-state index contributed by atoms with van der Waals surface area (Å²) in [5.74, 6) is -2.10. The van der Waals surface area contributed by atoms with Crippen LogP contribution in [0, 0.1) is 26.0 Å². The Balaban J connectivity index is 3.85. The lowest BCUT2D eigenvalue weighted by Gasteiger charge is -2.21. The van der Waals surface area contributed by atoms with Gasteiger partial charge >= 0.3 is 17.5 Å². The molecule has 0 radical (unpaired) electrons. The van der Waals surface area contributed by atoms with Crippen molar-refractivity contribution in [1.82, 2.24) is 0 Å². The van der Waals surface area contributed by atoms with Crippen LogP contribution in [0.2, 0.25) is 0 Å². The number of nitro groups is 2. The minimum absolute atomic E-state index is 0.0762. The van der Waals surface area contributed by atoms with Crippen LogP contribution in [0.5, 0.6) is 5.75 Å². The normalized spacial score (nSPS) is 11.0. The Morgan fingerprint density at radius 3 is 2.05 bits per heavy atom. The highest BCUT2D eigenvalue weighted by atomic mass is 19.1. The van der Waals surface area contributed by atoms with E-state index in [4.69, 9.17) is 0 Å². The molecule has 0 aliphatic rings. The highest BCUT2D eigenvalue weighted by Crippen LogP contribution is 2.45. The van der Waals surface area contributed by atoms with E-state index in [2.05, 4.69) is 9.47 Å².